The summed E-state index contributed by atoms with van der Waals surface area (Å²) in [6.07, 6.45) is 19.9. The standard InChI is InChI=1S/C25H51NO/c1-6-11-14-15-16-17-19-21-24(10-5)26(22-13-8-3)25(27)23(9-4)20-18-12-7-2/h23-24H,6-22H2,1-5H3. The summed E-state index contributed by atoms with van der Waals surface area (Å²) in [5.74, 6) is 0.702. The molecule has 0 saturated heterocycles. The summed E-state index contributed by atoms with van der Waals surface area (Å²) in [6.45, 7) is 12.2. The molecule has 1 amide bonds. The lowest BCUT2D eigenvalue weighted by Crippen LogP contribution is -2.44. The molecule has 0 spiro atoms. The minimum absolute atomic E-state index is 0.247. The molecule has 162 valence electrons. The van der Waals surface area contributed by atoms with Crippen LogP contribution in [0.3, 0.4) is 0 Å². The van der Waals surface area contributed by atoms with Crippen molar-refractivity contribution < 1.29 is 4.79 Å². The molecule has 0 aliphatic rings. The fourth-order valence-electron chi connectivity index (χ4n) is 4.10. The Morgan fingerprint density at radius 2 is 1.15 bits per heavy atom. The van der Waals surface area contributed by atoms with Crippen molar-refractivity contribution in [3.63, 3.8) is 0 Å². The van der Waals surface area contributed by atoms with Gasteiger partial charge < -0.3 is 4.90 Å². The average Bonchev–Trinajstić information content (AvgIpc) is 2.68. The maximum absolute atomic E-state index is 13.3. The summed E-state index contributed by atoms with van der Waals surface area (Å²) >= 11 is 0. The number of unbranched alkanes of at least 4 members (excludes halogenated alkanes) is 9. The van der Waals surface area contributed by atoms with E-state index in [-0.39, 0.29) is 5.92 Å². The highest BCUT2D eigenvalue weighted by molar-refractivity contribution is 5.79. The van der Waals surface area contributed by atoms with E-state index in [4.69, 9.17) is 0 Å². The van der Waals surface area contributed by atoms with E-state index in [0.717, 1.165) is 32.2 Å². The van der Waals surface area contributed by atoms with Gasteiger partial charge in [0.2, 0.25) is 5.91 Å². The Bertz CT molecular complexity index is 328. The van der Waals surface area contributed by atoms with Crippen molar-refractivity contribution in [2.75, 3.05) is 6.54 Å². The van der Waals surface area contributed by atoms with Gasteiger partial charge >= 0.3 is 0 Å². The van der Waals surface area contributed by atoms with E-state index >= 15 is 0 Å². The van der Waals surface area contributed by atoms with Crippen LogP contribution in [0.4, 0.5) is 0 Å². The largest absolute Gasteiger partial charge is 0.339 e. The molecule has 2 nitrogen and oxygen atoms in total. The maximum atomic E-state index is 13.3. The Labute approximate surface area is 171 Å². The van der Waals surface area contributed by atoms with Crippen molar-refractivity contribution in [1.82, 2.24) is 4.90 Å². The van der Waals surface area contributed by atoms with Crippen LogP contribution in [0.25, 0.3) is 0 Å². The van der Waals surface area contributed by atoms with E-state index in [1.165, 1.54) is 77.0 Å². The smallest absolute Gasteiger partial charge is 0.225 e. The van der Waals surface area contributed by atoms with Crippen molar-refractivity contribution >= 4 is 5.91 Å². The number of hydrogen-bond acceptors (Lipinski definition) is 1. The van der Waals surface area contributed by atoms with Crippen molar-refractivity contribution in [3.8, 4) is 0 Å². The van der Waals surface area contributed by atoms with Gasteiger partial charge in [-0.3, -0.25) is 4.79 Å². The third-order valence-corrected chi connectivity index (χ3v) is 6.09. The zero-order valence-corrected chi connectivity index (χ0v) is 19.5. The molecular formula is C25H51NO. The normalized spacial score (nSPS) is 13.5. The Balaban J connectivity index is 4.61. The third-order valence-electron chi connectivity index (χ3n) is 6.09. The minimum atomic E-state index is 0.247. The first-order chi connectivity index (χ1) is 13.2. The van der Waals surface area contributed by atoms with Crippen molar-refractivity contribution in [1.29, 1.82) is 0 Å². The zero-order valence-electron chi connectivity index (χ0n) is 19.5. The number of carbonyl (C=O) groups is 1. The van der Waals surface area contributed by atoms with Crippen LogP contribution in [0.2, 0.25) is 0 Å². The Hall–Kier alpha value is -0.530. The lowest BCUT2D eigenvalue weighted by Gasteiger charge is -2.34. The molecule has 0 N–H and O–H groups in total. The lowest BCUT2D eigenvalue weighted by molar-refractivity contribution is -0.138. The van der Waals surface area contributed by atoms with Crippen LogP contribution in [0.1, 0.15) is 137 Å². The molecule has 0 aromatic heterocycles. The molecule has 0 heterocycles. The van der Waals surface area contributed by atoms with Crippen LogP contribution in [0.15, 0.2) is 0 Å². The molecule has 0 radical (unpaired) electrons. The second kappa shape index (κ2) is 18.8. The van der Waals surface area contributed by atoms with Crippen LogP contribution in [0.5, 0.6) is 0 Å². The number of hydrogen-bond donors (Lipinski definition) is 0. The highest BCUT2D eigenvalue weighted by Gasteiger charge is 2.27. The first-order valence-corrected chi connectivity index (χ1v) is 12.5. The Kier molecular flexibility index (Phi) is 18.4. The van der Waals surface area contributed by atoms with E-state index in [1.807, 2.05) is 0 Å². The molecule has 27 heavy (non-hydrogen) atoms. The van der Waals surface area contributed by atoms with Gasteiger partial charge in [0.15, 0.2) is 0 Å². The molecule has 2 atom stereocenters. The maximum Gasteiger partial charge on any atom is 0.225 e. The van der Waals surface area contributed by atoms with Crippen molar-refractivity contribution in [2.24, 2.45) is 5.92 Å². The van der Waals surface area contributed by atoms with Gasteiger partial charge in [0.25, 0.3) is 0 Å². The van der Waals surface area contributed by atoms with Gasteiger partial charge in [-0.25, -0.2) is 0 Å². The molecule has 0 rings (SSSR count). The average molecular weight is 382 g/mol. The number of nitrogens with zero attached hydrogens (tertiary/aromatic N) is 1. The van der Waals surface area contributed by atoms with Crippen LogP contribution >= 0.6 is 0 Å². The van der Waals surface area contributed by atoms with Crippen LogP contribution in [-0.2, 0) is 4.79 Å². The lowest BCUT2D eigenvalue weighted by atomic mass is 9.94. The fourth-order valence-corrected chi connectivity index (χ4v) is 4.10. The molecule has 0 aliphatic carbocycles. The number of rotatable bonds is 19. The van der Waals surface area contributed by atoms with E-state index in [9.17, 15) is 4.79 Å². The molecular weight excluding hydrogens is 330 g/mol. The van der Waals surface area contributed by atoms with Crippen LogP contribution < -0.4 is 0 Å². The Morgan fingerprint density at radius 3 is 1.70 bits per heavy atom. The fraction of sp³-hybridized carbons (Fsp3) is 0.960. The van der Waals surface area contributed by atoms with Gasteiger partial charge in [-0.1, -0.05) is 105 Å². The van der Waals surface area contributed by atoms with Crippen LogP contribution in [-0.4, -0.2) is 23.4 Å². The van der Waals surface area contributed by atoms with Gasteiger partial charge in [0.1, 0.15) is 0 Å². The zero-order chi connectivity index (χ0) is 20.3. The summed E-state index contributed by atoms with van der Waals surface area (Å²) in [6, 6.07) is 0.458. The summed E-state index contributed by atoms with van der Waals surface area (Å²) in [5, 5.41) is 0. The van der Waals surface area contributed by atoms with Crippen LogP contribution in [0, 0.1) is 5.92 Å². The molecule has 2 unspecified atom stereocenters. The molecule has 0 aromatic rings. The molecule has 0 bridgehead atoms. The first-order valence-electron chi connectivity index (χ1n) is 12.5. The second-order valence-electron chi connectivity index (χ2n) is 8.46. The van der Waals surface area contributed by atoms with Gasteiger partial charge in [-0.2, -0.15) is 0 Å². The van der Waals surface area contributed by atoms with Crippen molar-refractivity contribution in [3.05, 3.63) is 0 Å². The van der Waals surface area contributed by atoms with Crippen molar-refractivity contribution in [2.45, 2.75) is 143 Å². The highest BCUT2D eigenvalue weighted by Crippen LogP contribution is 2.22. The molecule has 0 fully saturated rings. The predicted molar refractivity (Wildman–Crippen MR) is 121 cm³/mol. The van der Waals surface area contributed by atoms with Gasteiger partial charge in [-0.05, 0) is 32.1 Å². The molecule has 2 heteroatoms. The van der Waals surface area contributed by atoms with E-state index in [1.54, 1.807) is 0 Å². The minimum Gasteiger partial charge on any atom is -0.339 e. The summed E-state index contributed by atoms with van der Waals surface area (Å²) in [4.78, 5) is 15.6. The number of carbonyl (C=O) groups excluding carboxylic acids is 1. The number of amides is 1. The monoisotopic (exact) mass is 381 g/mol. The Morgan fingerprint density at radius 1 is 0.630 bits per heavy atom. The topological polar surface area (TPSA) is 20.3 Å². The summed E-state index contributed by atoms with van der Waals surface area (Å²) in [5.41, 5.74) is 0. The summed E-state index contributed by atoms with van der Waals surface area (Å²) < 4.78 is 0. The predicted octanol–water partition coefficient (Wildman–Crippen LogP) is 8.14. The SMILES string of the molecule is CCCCCCCCCC(CC)N(CCCC)C(=O)C(CC)CCCCC. The first kappa shape index (κ1) is 26.5. The highest BCUT2D eigenvalue weighted by atomic mass is 16.2. The van der Waals surface area contributed by atoms with Gasteiger partial charge in [-0.15, -0.1) is 0 Å². The quantitative estimate of drug-likeness (QED) is 0.207. The van der Waals surface area contributed by atoms with E-state index < -0.39 is 0 Å². The third kappa shape index (κ3) is 12.5. The summed E-state index contributed by atoms with van der Waals surface area (Å²) in [7, 11) is 0. The molecule has 0 aromatic carbocycles. The van der Waals surface area contributed by atoms with E-state index in [0.29, 0.717) is 11.9 Å². The molecule has 0 aliphatic heterocycles. The van der Waals surface area contributed by atoms with Gasteiger partial charge in [0.05, 0.1) is 0 Å². The molecule has 0 saturated carbocycles. The van der Waals surface area contributed by atoms with E-state index in [2.05, 4.69) is 39.5 Å². The second-order valence-corrected chi connectivity index (χ2v) is 8.46. The van der Waals surface area contributed by atoms with Gasteiger partial charge in [0, 0.05) is 18.5 Å².